The molecule has 232 valence electrons. The minimum atomic E-state index is -0.978. The lowest BCUT2D eigenvalue weighted by molar-refractivity contribution is -0.875. The fraction of sp³-hybridized carbons (Fsp3) is 0.548. The Kier molecular flexibility index (Phi) is 11.6. The standard InChI is InChI=1S/C31H45N3O8/c1-17-13-21-26(34-11-8-12-34)23(35)16-22(28(21)37)33-30(38)18(2)9-7-10-24(40-5)29(42-31(32)39)20(4)15-19(3)27(36)25(14-17)41-6/h7,9-10,15-17,19,24-25,27,29,35-37H,8,11-14H2,1-6H3,(H2,32,39)(H,33,38)/p+1/b10-7-,18-9+,20-15+/t17-,19+,24+,25+,27-,29+/m1/s1. The van der Waals surface area contributed by atoms with Gasteiger partial charge in [-0.15, -0.1) is 0 Å². The van der Waals surface area contributed by atoms with Gasteiger partial charge in [-0.05, 0) is 38.2 Å². The molecule has 11 nitrogen and oxygen atoms in total. The van der Waals surface area contributed by atoms with E-state index in [2.05, 4.69) is 5.32 Å². The van der Waals surface area contributed by atoms with Crippen molar-refractivity contribution in [3.8, 4) is 11.5 Å². The van der Waals surface area contributed by atoms with Crippen molar-refractivity contribution in [2.24, 2.45) is 17.6 Å². The smallest absolute Gasteiger partial charge is 0.405 e. The number of anilines is 1. The van der Waals surface area contributed by atoms with Gasteiger partial charge < -0.3 is 40.6 Å². The van der Waals surface area contributed by atoms with Crippen LogP contribution in [0.1, 0.15) is 46.1 Å². The lowest BCUT2D eigenvalue weighted by atomic mass is 9.87. The van der Waals surface area contributed by atoms with Crippen LogP contribution >= 0.6 is 0 Å². The molecule has 2 heterocycles. The largest absolute Gasteiger partial charge is 0.505 e. The van der Waals surface area contributed by atoms with E-state index in [4.69, 9.17) is 19.9 Å². The number of aliphatic hydroxyl groups is 1. The van der Waals surface area contributed by atoms with Crippen molar-refractivity contribution < 1.29 is 44.0 Å². The zero-order chi connectivity index (χ0) is 31.1. The molecule has 0 aliphatic carbocycles. The highest BCUT2D eigenvalue weighted by Crippen LogP contribution is 2.41. The number of ether oxygens (including phenoxy) is 3. The monoisotopic (exact) mass is 588 g/mol. The SMILES string of the molecule is CO[C@H]1/C=C\C=C(/C)C(=O)Nc2cc(O)c([NH+]3CCC3)c(c2O)C[C@@H](C)C[C@H](OC)[C@H](O)[C@@H](C)/C=C(\C)[C@@H]1OC(N)=O. The van der Waals surface area contributed by atoms with Crippen molar-refractivity contribution in [1.82, 2.24) is 0 Å². The highest BCUT2D eigenvalue weighted by molar-refractivity contribution is 6.04. The molecule has 2 bridgehead atoms. The van der Waals surface area contributed by atoms with Crippen LogP contribution in [-0.4, -0.2) is 79.0 Å². The first kappa shape index (κ1) is 33.1. The van der Waals surface area contributed by atoms with E-state index < -0.39 is 42.3 Å². The molecule has 1 aromatic carbocycles. The Morgan fingerprint density at radius 2 is 1.83 bits per heavy atom. The van der Waals surface area contributed by atoms with E-state index >= 15 is 0 Å². The van der Waals surface area contributed by atoms with Gasteiger partial charge in [0.1, 0.15) is 11.9 Å². The predicted molar refractivity (Wildman–Crippen MR) is 159 cm³/mol. The van der Waals surface area contributed by atoms with Gasteiger partial charge in [0.25, 0.3) is 5.91 Å². The molecule has 0 radical (unpaired) electrons. The number of quaternary nitrogens is 1. The molecule has 6 atom stereocenters. The summed E-state index contributed by atoms with van der Waals surface area (Å²) < 4.78 is 16.7. The number of primary amides is 1. The van der Waals surface area contributed by atoms with Crippen LogP contribution in [0.3, 0.4) is 0 Å². The minimum Gasteiger partial charge on any atom is -0.505 e. The topological polar surface area (TPSA) is 165 Å². The van der Waals surface area contributed by atoms with Gasteiger partial charge >= 0.3 is 6.09 Å². The Morgan fingerprint density at radius 1 is 1.14 bits per heavy atom. The van der Waals surface area contributed by atoms with Crippen molar-refractivity contribution in [3.63, 3.8) is 0 Å². The van der Waals surface area contributed by atoms with Crippen molar-refractivity contribution >= 4 is 23.4 Å². The van der Waals surface area contributed by atoms with Crippen LogP contribution in [-0.2, 0) is 25.4 Å². The fourth-order valence-corrected chi connectivity index (χ4v) is 5.61. The summed E-state index contributed by atoms with van der Waals surface area (Å²) in [6.45, 7) is 8.87. The highest BCUT2D eigenvalue weighted by Gasteiger charge is 2.34. The summed E-state index contributed by atoms with van der Waals surface area (Å²) in [6, 6.07) is 1.39. The van der Waals surface area contributed by atoms with E-state index in [0.29, 0.717) is 35.2 Å². The molecule has 2 aliphatic heterocycles. The molecule has 11 heteroatoms. The number of aromatic hydroxyl groups is 2. The van der Waals surface area contributed by atoms with Gasteiger partial charge in [0.15, 0.2) is 17.5 Å². The average Bonchev–Trinajstić information content (AvgIpc) is 2.90. The summed E-state index contributed by atoms with van der Waals surface area (Å²) in [5, 5.41) is 36.4. The summed E-state index contributed by atoms with van der Waals surface area (Å²) in [5.41, 5.74) is 7.61. The number of amides is 2. The van der Waals surface area contributed by atoms with E-state index in [0.717, 1.165) is 24.4 Å². The number of nitrogens with one attached hydrogen (secondary N) is 2. The Morgan fingerprint density at radius 3 is 2.40 bits per heavy atom. The number of allylic oxidation sites excluding steroid dienone is 2. The summed E-state index contributed by atoms with van der Waals surface area (Å²) in [5.74, 6) is -1.02. The maximum Gasteiger partial charge on any atom is 0.405 e. The number of benzene rings is 1. The summed E-state index contributed by atoms with van der Waals surface area (Å²) in [7, 11) is 2.99. The lowest BCUT2D eigenvalue weighted by Crippen LogP contribution is -3.13. The van der Waals surface area contributed by atoms with Crippen LogP contribution in [0.2, 0.25) is 0 Å². The molecule has 1 aromatic rings. The number of hydrogen-bond donors (Lipinski definition) is 6. The second-order valence-electron chi connectivity index (χ2n) is 11.4. The molecule has 1 saturated heterocycles. The summed E-state index contributed by atoms with van der Waals surface area (Å²) in [6.07, 6.45) is 4.38. The Balaban J connectivity index is 2.10. The van der Waals surface area contributed by atoms with Gasteiger partial charge in [-0.2, -0.15) is 0 Å². The Labute approximate surface area is 247 Å². The number of phenols is 2. The summed E-state index contributed by atoms with van der Waals surface area (Å²) in [4.78, 5) is 25.9. The number of phenolic OH excluding ortho intramolecular Hbond substituents is 2. The average molecular weight is 589 g/mol. The van der Waals surface area contributed by atoms with E-state index in [-0.39, 0.29) is 23.1 Å². The molecule has 0 aromatic heterocycles. The fourth-order valence-electron chi connectivity index (χ4n) is 5.61. The number of fused-ring (bicyclic) bond motifs is 2. The minimum absolute atomic E-state index is 0.00779. The maximum absolute atomic E-state index is 13.1. The number of aliphatic hydroxyl groups excluding tert-OH is 1. The molecule has 2 aliphatic rings. The molecule has 0 spiro atoms. The Bertz CT molecular complexity index is 1220. The first-order valence-corrected chi connectivity index (χ1v) is 14.3. The first-order valence-electron chi connectivity index (χ1n) is 14.3. The molecule has 0 saturated carbocycles. The third kappa shape index (κ3) is 7.91. The number of hydrogen-bond acceptors (Lipinski definition) is 8. The first-order chi connectivity index (χ1) is 19.9. The molecule has 2 amide bonds. The van der Waals surface area contributed by atoms with Gasteiger partial charge in [-0.25, -0.2) is 4.79 Å². The lowest BCUT2D eigenvalue weighted by Gasteiger charge is -2.31. The van der Waals surface area contributed by atoms with Gasteiger partial charge in [0.05, 0.1) is 36.5 Å². The number of rotatable bonds is 4. The van der Waals surface area contributed by atoms with Gasteiger partial charge in [-0.1, -0.05) is 38.2 Å². The highest BCUT2D eigenvalue weighted by atomic mass is 16.6. The Hall–Kier alpha value is -3.38. The molecular formula is C31H46N3O8+. The van der Waals surface area contributed by atoms with Crippen LogP contribution in [0.15, 0.2) is 41.5 Å². The number of nitrogens with two attached hydrogens (primary N) is 1. The van der Waals surface area contributed by atoms with E-state index in [1.807, 2.05) is 13.8 Å². The molecule has 42 heavy (non-hydrogen) atoms. The quantitative estimate of drug-likeness (QED) is 0.177. The summed E-state index contributed by atoms with van der Waals surface area (Å²) >= 11 is 0. The number of carbonyl (C=O) groups excluding carboxylic acids is 2. The predicted octanol–water partition coefficient (Wildman–Crippen LogP) is 2.48. The molecule has 1 fully saturated rings. The number of methoxy groups -OCH3 is 2. The van der Waals surface area contributed by atoms with Gasteiger partial charge in [0, 0.05) is 38.2 Å². The third-order valence-electron chi connectivity index (χ3n) is 8.14. The molecular weight excluding hydrogens is 542 g/mol. The number of carbonyl (C=O) groups is 2. The van der Waals surface area contributed by atoms with Crippen molar-refractivity contribution in [2.45, 2.75) is 71.4 Å². The van der Waals surface area contributed by atoms with E-state index in [1.54, 1.807) is 38.2 Å². The van der Waals surface area contributed by atoms with Crippen LogP contribution in [0.25, 0.3) is 0 Å². The molecule has 3 rings (SSSR count). The zero-order valence-corrected chi connectivity index (χ0v) is 25.3. The van der Waals surface area contributed by atoms with E-state index in [1.165, 1.54) is 20.3 Å². The van der Waals surface area contributed by atoms with Gasteiger partial charge in [0.2, 0.25) is 0 Å². The van der Waals surface area contributed by atoms with Gasteiger partial charge in [-0.3, -0.25) is 9.69 Å². The van der Waals surface area contributed by atoms with Crippen molar-refractivity contribution in [3.05, 3.63) is 47.1 Å². The van der Waals surface area contributed by atoms with Crippen molar-refractivity contribution in [2.75, 3.05) is 32.6 Å². The van der Waals surface area contributed by atoms with Crippen LogP contribution < -0.4 is 16.0 Å². The third-order valence-corrected chi connectivity index (χ3v) is 8.14. The normalized spacial score (nSPS) is 31.5. The molecule has 7 N–H and O–H groups in total. The maximum atomic E-state index is 13.1. The zero-order valence-electron chi connectivity index (χ0n) is 25.3. The molecule has 0 unspecified atom stereocenters. The second-order valence-corrected chi connectivity index (χ2v) is 11.4. The van der Waals surface area contributed by atoms with Crippen molar-refractivity contribution in [1.29, 1.82) is 0 Å². The van der Waals surface area contributed by atoms with Crippen LogP contribution in [0, 0.1) is 11.8 Å². The van der Waals surface area contributed by atoms with Crippen LogP contribution in [0.5, 0.6) is 11.5 Å². The van der Waals surface area contributed by atoms with Crippen LogP contribution in [0.4, 0.5) is 16.2 Å². The van der Waals surface area contributed by atoms with E-state index in [9.17, 15) is 24.9 Å². The second kappa shape index (κ2) is 14.7.